The summed E-state index contributed by atoms with van der Waals surface area (Å²) in [5.41, 5.74) is 2.89. The van der Waals surface area contributed by atoms with Crippen molar-refractivity contribution in [3.8, 4) is 0 Å². The molecule has 0 unspecified atom stereocenters. The fraction of sp³-hybridized carbons (Fsp3) is 0.429. The summed E-state index contributed by atoms with van der Waals surface area (Å²) in [5.74, 6) is 0. The molecule has 0 radical (unpaired) electrons. The summed E-state index contributed by atoms with van der Waals surface area (Å²) in [5, 5.41) is 10.3. The zero-order valence-electron chi connectivity index (χ0n) is 10.8. The number of nitrogens with zero attached hydrogens (tertiary/aromatic N) is 2. The van der Waals surface area contributed by atoms with Gasteiger partial charge >= 0.3 is 0 Å². The van der Waals surface area contributed by atoms with E-state index in [1.165, 1.54) is 11.1 Å². The number of hydrogen-bond acceptors (Lipinski definition) is 3. The Hall–Kier alpha value is -1.22. The maximum Gasteiger partial charge on any atom is 0.121 e. The van der Waals surface area contributed by atoms with Crippen molar-refractivity contribution in [3.63, 3.8) is 0 Å². The standard InChI is InChI=1S/C14H18N2S/c1-10-15-16-13(17-10)9-11-6-5-7-12(8-11)14(2,3)4/h5-8H,9H2,1-4H3. The Morgan fingerprint density at radius 1 is 1.18 bits per heavy atom. The SMILES string of the molecule is Cc1nnc(Cc2cccc(C(C)(C)C)c2)s1. The van der Waals surface area contributed by atoms with Gasteiger partial charge in [0.15, 0.2) is 0 Å². The second-order valence-corrected chi connectivity index (χ2v) is 6.61. The minimum atomic E-state index is 0.201. The van der Waals surface area contributed by atoms with Crippen molar-refractivity contribution in [3.05, 3.63) is 45.4 Å². The Morgan fingerprint density at radius 2 is 1.94 bits per heavy atom. The van der Waals surface area contributed by atoms with Crippen molar-refractivity contribution in [2.75, 3.05) is 0 Å². The smallest absolute Gasteiger partial charge is 0.121 e. The van der Waals surface area contributed by atoms with Crippen molar-refractivity contribution in [2.24, 2.45) is 0 Å². The molecule has 90 valence electrons. The zero-order valence-corrected chi connectivity index (χ0v) is 11.6. The molecule has 0 aliphatic rings. The number of hydrogen-bond donors (Lipinski definition) is 0. The van der Waals surface area contributed by atoms with Gasteiger partial charge in [-0.15, -0.1) is 21.5 Å². The second kappa shape index (κ2) is 4.57. The lowest BCUT2D eigenvalue weighted by Gasteiger charge is -2.19. The van der Waals surface area contributed by atoms with E-state index in [4.69, 9.17) is 0 Å². The van der Waals surface area contributed by atoms with E-state index in [2.05, 4.69) is 55.2 Å². The summed E-state index contributed by atoms with van der Waals surface area (Å²) in [7, 11) is 0. The zero-order chi connectivity index (χ0) is 12.5. The van der Waals surface area contributed by atoms with Gasteiger partial charge in [-0.2, -0.15) is 0 Å². The normalized spacial score (nSPS) is 11.8. The van der Waals surface area contributed by atoms with Gasteiger partial charge in [-0.25, -0.2) is 0 Å². The Kier molecular flexibility index (Phi) is 3.29. The van der Waals surface area contributed by atoms with Crippen LogP contribution in [0.5, 0.6) is 0 Å². The quantitative estimate of drug-likeness (QED) is 0.806. The van der Waals surface area contributed by atoms with E-state index in [9.17, 15) is 0 Å². The van der Waals surface area contributed by atoms with E-state index in [0.29, 0.717) is 0 Å². The molecule has 0 amide bonds. The van der Waals surface area contributed by atoms with Gasteiger partial charge < -0.3 is 0 Å². The summed E-state index contributed by atoms with van der Waals surface area (Å²) in [6, 6.07) is 8.75. The fourth-order valence-corrected chi connectivity index (χ4v) is 2.47. The summed E-state index contributed by atoms with van der Waals surface area (Å²) < 4.78 is 0. The third-order valence-electron chi connectivity index (χ3n) is 2.72. The molecular weight excluding hydrogens is 228 g/mol. The molecule has 0 saturated heterocycles. The van der Waals surface area contributed by atoms with Crippen LogP contribution in [0, 0.1) is 6.92 Å². The van der Waals surface area contributed by atoms with E-state index in [-0.39, 0.29) is 5.41 Å². The maximum atomic E-state index is 4.17. The lowest BCUT2D eigenvalue weighted by atomic mass is 9.86. The molecule has 0 spiro atoms. The van der Waals surface area contributed by atoms with Gasteiger partial charge in [-0.05, 0) is 23.5 Å². The number of aryl methyl sites for hydroxylation is 1. The molecule has 0 saturated carbocycles. The maximum absolute atomic E-state index is 4.17. The number of rotatable bonds is 2. The molecule has 0 aliphatic carbocycles. The molecule has 1 aromatic heterocycles. The molecule has 0 N–H and O–H groups in total. The highest BCUT2D eigenvalue weighted by molar-refractivity contribution is 7.11. The van der Waals surface area contributed by atoms with Crippen molar-refractivity contribution in [1.29, 1.82) is 0 Å². The van der Waals surface area contributed by atoms with Crippen molar-refractivity contribution >= 4 is 11.3 Å². The van der Waals surface area contributed by atoms with E-state index in [0.717, 1.165) is 16.4 Å². The molecule has 2 aromatic rings. The van der Waals surface area contributed by atoms with Crippen molar-refractivity contribution < 1.29 is 0 Å². The topological polar surface area (TPSA) is 25.8 Å². The summed E-state index contributed by atoms with van der Waals surface area (Å²) in [6.45, 7) is 8.70. The minimum absolute atomic E-state index is 0.201. The largest absolute Gasteiger partial charge is 0.144 e. The lowest BCUT2D eigenvalue weighted by molar-refractivity contribution is 0.589. The molecule has 0 fully saturated rings. The highest BCUT2D eigenvalue weighted by Crippen LogP contribution is 2.24. The number of benzene rings is 1. The Bertz CT molecular complexity index is 509. The van der Waals surface area contributed by atoms with Gasteiger partial charge in [-0.1, -0.05) is 45.0 Å². The van der Waals surface area contributed by atoms with Gasteiger partial charge in [0.05, 0.1) is 0 Å². The molecule has 3 heteroatoms. The van der Waals surface area contributed by atoms with Crippen LogP contribution in [-0.4, -0.2) is 10.2 Å². The first-order valence-corrected chi connectivity index (χ1v) is 6.65. The predicted molar refractivity (Wildman–Crippen MR) is 72.6 cm³/mol. The van der Waals surface area contributed by atoms with Crippen LogP contribution in [0.15, 0.2) is 24.3 Å². The van der Waals surface area contributed by atoms with Gasteiger partial charge in [0.2, 0.25) is 0 Å². The van der Waals surface area contributed by atoms with Crippen LogP contribution in [0.25, 0.3) is 0 Å². The first-order chi connectivity index (χ1) is 7.95. The molecule has 1 aromatic carbocycles. The van der Waals surface area contributed by atoms with Crippen LogP contribution in [0.2, 0.25) is 0 Å². The molecule has 17 heavy (non-hydrogen) atoms. The van der Waals surface area contributed by atoms with Gasteiger partial charge in [-0.3, -0.25) is 0 Å². The van der Waals surface area contributed by atoms with Gasteiger partial charge in [0.1, 0.15) is 10.0 Å². The van der Waals surface area contributed by atoms with Crippen LogP contribution < -0.4 is 0 Å². The van der Waals surface area contributed by atoms with E-state index in [1.807, 2.05) is 6.92 Å². The molecule has 0 bridgehead atoms. The molecule has 2 nitrogen and oxygen atoms in total. The van der Waals surface area contributed by atoms with E-state index >= 15 is 0 Å². The Labute approximate surface area is 107 Å². The van der Waals surface area contributed by atoms with E-state index in [1.54, 1.807) is 11.3 Å². The highest BCUT2D eigenvalue weighted by atomic mass is 32.1. The predicted octanol–water partition coefficient (Wildman–Crippen LogP) is 3.73. The van der Waals surface area contributed by atoms with Crippen LogP contribution in [-0.2, 0) is 11.8 Å². The van der Waals surface area contributed by atoms with Crippen molar-refractivity contribution in [2.45, 2.75) is 39.5 Å². The van der Waals surface area contributed by atoms with E-state index < -0.39 is 0 Å². The summed E-state index contributed by atoms with van der Waals surface area (Å²) in [6.07, 6.45) is 0.884. The Morgan fingerprint density at radius 3 is 2.53 bits per heavy atom. The average Bonchev–Trinajstić information content (AvgIpc) is 2.63. The molecule has 0 atom stereocenters. The molecular formula is C14H18N2S. The monoisotopic (exact) mass is 246 g/mol. The van der Waals surface area contributed by atoms with Gasteiger partial charge in [0, 0.05) is 6.42 Å². The first kappa shape index (κ1) is 12.2. The third kappa shape index (κ3) is 3.13. The molecule has 0 aliphatic heterocycles. The second-order valence-electron chi connectivity index (χ2n) is 5.34. The molecule has 2 rings (SSSR count). The summed E-state index contributed by atoms with van der Waals surface area (Å²) >= 11 is 1.67. The van der Waals surface area contributed by atoms with Crippen LogP contribution in [0.4, 0.5) is 0 Å². The van der Waals surface area contributed by atoms with Gasteiger partial charge in [0.25, 0.3) is 0 Å². The Balaban J connectivity index is 2.22. The van der Waals surface area contributed by atoms with Crippen molar-refractivity contribution in [1.82, 2.24) is 10.2 Å². The van der Waals surface area contributed by atoms with Crippen LogP contribution in [0.3, 0.4) is 0 Å². The summed E-state index contributed by atoms with van der Waals surface area (Å²) in [4.78, 5) is 0. The minimum Gasteiger partial charge on any atom is -0.144 e. The fourth-order valence-electron chi connectivity index (χ4n) is 1.73. The lowest BCUT2D eigenvalue weighted by Crippen LogP contribution is -2.11. The van der Waals surface area contributed by atoms with Crippen LogP contribution >= 0.6 is 11.3 Å². The highest BCUT2D eigenvalue weighted by Gasteiger charge is 2.13. The number of aromatic nitrogens is 2. The first-order valence-electron chi connectivity index (χ1n) is 5.83. The molecule has 1 heterocycles. The van der Waals surface area contributed by atoms with Crippen LogP contribution in [0.1, 0.15) is 41.9 Å². The average molecular weight is 246 g/mol. The third-order valence-corrected chi connectivity index (χ3v) is 3.55.